The lowest BCUT2D eigenvalue weighted by Gasteiger charge is -2.09. The van der Waals surface area contributed by atoms with Gasteiger partial charge in [-0.2, -0.15) is 0 Å². The third-order valence-corrected chi connectivity index (χ3v) is 5.99. The average molecular weight is 428 g/mol. The number of hydrogen-bond donors (Lipinski definition) is 0. The third kappa shape index (κ3) is 2.82. The van der Waals surface area contributed by atoms with Crippen LogP contribution in [-0.4, -0.2) is 24.5 Å². The number of benzene rings is 1. The number of ether oxygens (including phenoxy) is 1. The van der Waals surface area contributed by atoms with Crippen LogP contribution in [0.4, 0.5) is 0 Å². The van der Waals surface area contributed by atoms with Crippen molar-refractivity contribution in [2.24, 2.45) is 0 Å². The van der Waals surface area contributed by atoms with Gasteiger partial charge in [0.15, 0.2) is 0 Å². The first-order valence-corrected chi connectivity index (χ1v) is 9.19. The lowest BCUT2D eigenvalue weighted by Crippen LogP contribution is -2.16. The fraction of sp³-hybridized carbons (Fsp3) is 0.133. The largest absolute Gasteiger partial charge is 0.481 e. The summed E-state index contributed by atoms with van der Waals surface area (Å²) in [5.41, 5.74) is 1.91. The maximum atomic E-state index is 12.8. The van der Waals surface area contributed by atoms with Gasteiger partial charge in [-0.15, -0.1) is 0 Å². The molecular formula is C15H13IN2O3S. The fourth-order valence-corrected chi connectivity index (χ4v) is 5.23. The zero-order valence-electron chi connectivity index (χ0n) is 11.7. The van der Waals surface area contributed by atoms with Gasteiger partial charge >= 0.3 is 0 Å². The minimum atomic E-state index is -3.52. The van der Waals surface area contributed by atoms with Crippen LogP contribution < -0.4 is 4.74 Å². The number of methoxy groups -OCH3 is 1. The molecule has 0 unspecified atom stereocenters. The predicted octanol–water partition coefficient (Wildman–Crippen LogP) is 3.03. The summed E-state index contributed by atoms with van der Waals surface area (Å²) in [7, 11) is -1.99. The molecule has 0 amide bonds. The van der Waals surface area contributed by atoms with Crippen LogP contribution in [0, 0.1) is 3.70 Å². The molecule has 7 heteroatoms. The van der Waals surface area contributed by atoms with Gasteiger partial charge < -0.3 is 4.74 Å². The normalized spacial score (nSPS) is 11.7. The highest BCUT2D eigenvalue weighted by molar-refractivity contribution is 14.1. The molecule has 0 N–H and O–H groups in total. The Kier molecular flexibility index (Phi) is 4.09. The van der Waals surface area contributed by atoms with E-state index in [-0.39, 0.29) is 5.75 Å². The van der Waals surface area contributed by atoms with Gasteiger partial charge in [-0.3, -0.25) is 0 Å². The molecule has 0 aliphatic heterocycles. The lowest BCUT2D eigenvalue weighted by molar-refractivity contribution is 0.399. The van der Waals surface area contributed by atoms with Crippen LogP contribution >= 0.6 is 22.6 Å². The Balaban J connectivity index is 2.10. The second-order valence-corrected chi connectivity index (χ2v) is 7.65. The average Bonchev–Trinajstić information content (AvgIpc) is 2.83. The summed E-state index contributed by atoms with van der Waals surface area (Å²) in [6.45, 7) is 0. The van der Waals surface area contributed by atoms with Crippen molar-refractivity contribution >= 4 is 43.6 Å². The highest BCUT2D eigenvalue weighted by Crippen LogP contribution is 2.25. The van der Waals surface area contributed by atoms with Crippen molar-refractivity contribution in [1.82, 2.24) is 8.96 Å². The molecule has 0 spiro atoms. The van der Waals surface area contributed by atoms with Crippen molar-refractivity contribution in [2.75, 3.05) is 7.11 Å². The molecule has 0 saturated carbocycles. The summed E-state index contributed by atoms with van der Waals surface area (Å²) < 4.78 is 32.5. The summed E-state index contributed by atoms with van der Waals surface area (Å²) in [6, 6.07) is 14.2. The zero-order valence-corrected chi connectivity index (χ0v) is 14.7. The number of fused-ring (bicyclic) bond motifs is 1. The Morgan fingerprint density at radius 3 is 2.59 bits per heavy atom. The smallest absolute Gasteiger partial charge is 0.244 e. The van der Waals surface area contributed by atoms with Gasteiger partial charge in [0.2, 0.25) is 15.9 Å². The van der Waals surface area contributed by atoms with Gasteiger partial charge in [0.1, 0.15) is 0 Å². The number of halogens is 1. The number of pyridine rings is 1. The van der Waals surface area contributed by atoms with Crippen LogP contribution in [0.5, 0.6) is 5.88 Å². The first-order valence-electron chi connectivity index (χ1n) is 6.50. The molecule has 1 aromatic carbocycles. The standard InChI is InChI=1S/C15H13IN2O3S/c1-21-15-8-7-13-12(17-15)9-14(16)18(13)22(19,20)10-11-5-3-2-4-6-11/h2-9H,10H2,1H3. The van der Waals surface area contributed by atoms with Gasteiger partial charge in [-0.1, -0.05) is 30.3 Å². The SMILES string of the molecule is COc1ccc2c(cc(I)n2S(=O)(=O)Cc2ccccc2)n1. The van der Waals surface area contributed by atoms with Crippen molar-refractivity contribution in [3.63, 3.8) is 0 Å². The van der Waals surface area contributed by atoms with E-state index in [0.29, 0.717) is 20.6 Å². The van der Waals surface area contributed by atoms with Gasteiger partial charge in [-0.05, 0) is 40.3 Å². The Hall–Kier alpha value is -1.61. The quantitative estimate of drug-likeness (QED) is 0.600. The second-order valence-electron chi connectivity index (χ2n) is 4.73. The molecule has 0 fully saturated rings. The Labute approximate surface area is 142 Å². The second kappa shape index (κ2) is 5.88. The van der Waals surface area contributed by atoms with Crippen molar-refractivity contribution < 1.29 is 13.2 Å². The predicted molar refractivity (Wildman–Crippen MR) is 93.5 cm³/mol. The topological polar surface area (TPSA) is 61.2 Å². The zero-order chi connectivity index (χ0) is 15.7. The number of hydrogen-bond acceptors (Lipinski definition) is 4. The summed E-state index contributed by atoms with van der Waals surface area (Å²) in [6.07, 6.45) is 0. The number of rotatable bonds is 4. The Morgan fingerprint density at radius 1 is 1.18 bits per heavy atom. The van der Waals surface area contributed by atoms with Gasteiger partial charge in [-0.25, -0.2) is 17.4 Å². The highest BCUT2D eigenvalue weighted by Gasteiger charge is 2.21. The molecule has 22 heavy (non-hydrogen) atoms. The van der Waals surface area contributed by atoms with E-state index in [2.05, 4.69) is 4.98 Å². The van der Waals surface area contributed by atoms with Crippen molar-refractivity contribution in [3.05, 3.63) is 57.8 Å². The molecule has 0 aliphatic carbocycles. The molecular weight excluding hydrogens is 415 g/mol. The van der Waals surface area contributed by atoms with E-state index in [1.54, 1.807) is 30.3 Å². The monoisotopic (exact) mass is 428 g/mol. The maximum absolute atomic E-state index is 12.8. The first-order chi connectivity index (χ1) is 10.5. The van der Waals surface area contributed by atoms with E-state index in [4.69, 9.17) is 4.74 Å². The van der Waals surface area contributed by atoms with E-state index in [1.807, 2.05) is 40.8 Å². The molecule has 114 valence electrons. The van der Waals surface area contributed by atoms with Gasteiger partial charge in [0, 0.05) is 6.07 Å². The van der Waals surface area contributed by atoms with Gasteiger partial charge in [0.25, 0.3) is 0 Å². The van der Waals surface area contributed by atoms with E-state index >= 15 is 0 Å². The number of nitrogens with zero attached hydrogens (tertiary/aromatic N) is 2. The van der Waals surface area contributed by atoms with E-state index in [1.165, 1.54) is 11.1 Å². The summed E-state index contributed by atoms with van der Waals surface area (Å²) in [5.74, 6) is 0.404. The summed E-state index contributed by atoms with van der Waals surface area (Å²) in [4.78, 5) is 4.28. The van der Waals surface area contributed by atoms with Crippen LogP contribution in [0.2, 0.25) is 0 Å². The molecule has 0 atom stereocenters. The molecule has 0 aliphatic rings. The fourth-order valence-electron chi connectivity index (χ4n) is 2.26. The molecule has 0 radical (unpaired) electrons. The van der Waals surface area contributed by atoms with Crippen LogP contribution in [0.1, 0.15) is 5.56 Å². The molecule has 0 bridgehead atoms. The molecule has 5 nitrogen and oxygen atoms in total. The van der Waals surface area contributed by atoms with Gasteiger partial charge in [0.05, 0.1) is 27.6 Å². The Morgan fingerprint density at radius 2 is 1.91 bits per heavy atom. The molecule has 3 aromatic rings. The highest BCUT2D eigenvalue weighted by atomic mass is 127. The maximum Gasteiger partial charge on any atom is 0.244 e. The first kappa shape index (κ1) is 15.3. The minimum absolute atomic E-state index is 0.0559. The van der Waals surface area contributed by atoms with E-state index in [9.17, 15) is 8.42 Å². The van der Waals surface area contributed by atoms with E-state index in [0.717, 1.165) is 5.56 Å². The lowest BCUT2D eigenvalue weighted by atomic mass is 10.2. The van der Waals surface area contributed by atoms with Crippen LogP contribution in [0.3, 0.4) is 0 Å². The summed E-state index contributed by atoms with van der Waals surface area (Å²) in [5, 5.41) is 0. The van der Waals surface area contributed by atoms with Crippen molar-refractivity contribution in [3.8, 4) is 5.88 Å². The van der Waals surface area contributed by atoms with Crippen LogP contribution in [0.25, 0.3) is 11.0 Å². The molecule has 2 heterocycles. The Bertz CT molecular complexity index is 921. The molecule has 3 rings (SSSR count). The van der Waals surface area contributed by atoms with Crippen molar-refractivity contribution in [1.29, 1.82) is 0 Å². The molecule has 0 saturated heterocycles. The summed E-state index contributed by atoms with van der Waals surface area (Å²) >= 11 is 2.01. The van der Waals surface area contributed by atoms with Crippen LogP contribution in [0.15, 0.2) is 48.5 Å². The molecule has 2 aromatic heterocycles. The van der Waals surface area contributed by atoms with Crippen molar-refractivity contribution in [2.45, 2.75) is 5.75 Å². The minimum Gasteiger partial charge on any atom is -0.481 e. The van der Waals surface area contributed by atoms with Crippen LogP contribution in [-0.2, 0) is 15.8 Å². The number of aromatic nitrogens is 2. The van der Waals surface area contributed by atoms with E-state index < -0.39 is 10.0 Å². The third-order valence-electron chi connectivity index (χ3n) is 3.22.